The fraction of sp³-hybridized carbons (Fsp3) is 0.357. The van der Waals surface area contributed by atoms with Crippen LogP contribution >= 0.6 is 11.6 Å². The molecule has 108 valence electrons. The largest absolute Gasteiger partial charge is 0.383 e. The molecule has 1 aromatic heterocycles. The van der Waals surface area contributed by atoms with Crippen LogP contribution in [0.4, 0.5) is 4.39 Å². The summed E-state index contributed by atoms with van der Waals surface area (Å²) < 4.78 is 19.7. The lowest BCUT2D eigenvalue weighted by Crippen LogP contribution is -2.14. The van der Waals surface area contributed by atoms with Gasteiger partial charge in [0.05, 0.1) is 30.1 Å². The summed E-state index contributed by atoms with van der Waals surface area (Å²) in [4.78, 5) is 0. The maximum Gasteiger partial charge on any atom is 0.123 e. The van der Waals surface area contributed by atoms with Gasteiger partial charge in [-0.1, -0.05) is 17.7 Å². The molecule has 20 heavy (non-hydrogen) atoms. The molecule has 0 spiro atoms. The first-order valence-corrected chi connectivity index (χ1v) is 6.56. The van der Waals surface area contributed by atoms with Crippen molar-refractivity contribution in [2.75, 3.05) is 13.7 Å². The van der Waals surface area contributed by atoms with Crippen molar-refractivity contribution in [2.24, 2.45) is 0 Å². The highest BCUT2D eigenvalue weighted by Crippen LogP contribution is 2.30. The molecule has 2 rings (SSSR count). The predicted molar refractivity (Wildman–Crippen MR) is 74.3 cm³/mol. The van der Waals surface area contributed by atoms with Crippen LogP contribution in [0, 0.1) is 12.7 Å². The van der Waals surface area contributed by atoms with E-state index in [4.69, 9.17) is 16.3 Å². The van der Waals surface area contributed by atoms with Gasteiger partial charge in [-0.15, -0.1) is 0 Å². The lowest BCUT2D eigenvalue weighted by molar-refractivity contribution is 0.171. The fourth-order valence-corrected chi connectivity index (χ4v) is 2.34. The van der Waals surface area contributed by atoms with Gasteiger partial charge in [0.15, 0.2) is 0 Å². The number of nitrogens with zero attached hydrogens (tertiary/aromatic N) is 2. The second-order valence-electron chi connectivity index (χ2n) is 4.50. The van der Waals surface area contributed by atoms with Crippen LogP contribution in [0.1, 0.15) is 22.9 Å². The molecule has 0 bridgehead atoms. The molecule has 1 heterocycles. The Balaban J connectivity index is 2.37. The Morgan fingerprint density at radius 2 is 2.25 bits per heavy atom. The number of aromatic nitrogens is 2. The molecule has 1 N–H and O–H groups in total. The molecule has 1 unspecified atom stereocenters. The summed E-state index contributed by atoms with van der Waals surface area (Å²) in [6.45, 7) is 2.68. The van der Waals surface area contributed by atoms with Crippen LogP contribution < -0.4 is 0 Å². The summed E-state index contributed by atoms with van der Waals surface area (Å²) in [5.74, 6) is -0.336. The monoisotopic (exact) mass is 298 g/mol. The number of rotatable bonds is 5. The standard InChI is InChI=1S/C14H16ClFN2O2/c1-9-7-10(16)3-4-11(9)14(19)13-12(15)8-17-18(13)5-6-20-2/h3-4,7-8,14,19H,5-6H2,1-2H3. The van der Waals surface area contributed by atoms with E-state index in [2.05, 4.69) is 5.10 Å². The van der Waals surface area contributed by atoms with Crippen molar-refractivity contribution >= 4 is 11.6 Å². The third kappa shape index (κ3) is 3.00. The molecule has 1 atom stereocenters. The zero-order valence-corrected chi connectivity index (χ0v) is 12.1. The van der Waals surface area contributed by atoms with Crippen molar-refractivity contribution in [1.29, 1.82) is 0 Å². The molecule has 4 nitrogen and oxygen atoms in total. The Bertz CT molecular complexity index is 601. The quantitative estimate of drug-likeness (QED) is 0.923. The highest BCUT2D eigenvalue weighted by Gasteiger charge is 2.21. The number of aliphatic hydroxyl groups is 1. The number of aryl methyl sites for hydroxylation is 1. The zero-order valence-electron chi connectivity index (χ0n) is 11.3. The van der Waals surface area contributed by atoms with E-state index in [9.17, 15) is 9.50 Å². The van der Waals surface area contributed by atoms with E-state index in [1.54, 1.807) is 24.8 Å². The summed E-state index contributed by atoms with van der Waals surface area (Å²) in [5.41, 5.74) is 1.75. The van der Waals surface area contributed by atoms with E-state index in [1.165, 1.54) is 18.3 Å². The van der Waals surface area contributed by atoms with Gasteiger partial charge in [0, 0.05) is 7.11 Å². The SMILES string of the molecule is COCCn1ncc(Cl)c1C(O)c1ccc(F)cc1C. The molecule has 0 saturated heterocycles. The second kappa shape index (κ2) is 6.35. The molecule has 0 aliphatic heterocycles. The number of methoxy groups -OCH3 is 1. The molecule has 6 heteroatoms. The topological polar surface area (TPSA) is 47.3 Å². The number of halogens is 2. The predicted octanol–water partition coefficient (Wildman–Crippen LogP) is 2.71. The maximum absolute atomic E-state index is 13.1. The van der Waals surface area contributed by atoms with Crippen molar-refractivity contribution in [1.82, 2.24) is 9.78 Å². The lowest BCUT2D eigenvalue weighted by Gasteiger charge is -2.16. The molecule has 0 saturated carbocycles. The molecule has 2 aromatic rings. The summed E-state index contributed by atoms with van der Waals surface area (Å²) in [6, 6.07) is 4.25. The van der Waals surface area contributed by atoms with Crippen LogP contribution in [-0.4, -0.2) is 28.6 Å². The lowest BCUT2D eigenvalue weighted by atomic mass is 10.0. The smallest absolute Gasteiger partial charge is 0.123 e. The van der Waals surface area contributed by atoms with Gasteiger partial charge in [0.1, 0.15) is 11.9 Å². The van der Waals surface area contributed by atoms with Crippen LogP contribution in [0.2, 0.25) is 5.02 Å². The van der Waals surface area contributed by atoms with Crippen molar-refractivity contribution in [3.8, 4) is 0 Å². The van der Waals surface area contributed by atoms with Gasteiger partial charge >= 0.3 is 0 Å². The van der Waals surface area contributed by atoms with Gasteiger partial charge < -0.3 is 9.84 Å². The van der Waals surface area contributed by atoms with Gasteiger partial charge in [-0.05, 0) is 30.2 Å². The van der Waals surface area contributed by atoms with E-state index >= 15 is 0 Å². The van der Waals surface area contributed by atoms with Crippen LogP contribution in [-0.2, 0) is 11.3 Å². The molecule has 0 amide bonds. The Hall–Kier alpha value is -1.43. The van der Waals surface area contributed by atoms with E-state index in [0.29, 0.717) is 35.0 Å². The molecule has 0 aliphatic carbocycles. The van der Waals surface area contributed by atoms with Gasteiger partial charge in [-0.25, -0.2) is 4.39 Å². The third-order valence-corrected chi connectivity index (χ3v) is 3.42. The molecular weight excluding hydrogens is 283 g/mol. The number of hydrogen-bond acceptors (Lipinski definition) is 3. The normalized spacial score (nSPS) is 12.7. The fourth-order valence-electron chi connectivity index (χ4n) is 2.09. The minimum atomic E-state index is -0.956. The minimum absolute atomic E-state index is 0.336. The maximum atomic E-state index is 13.1. The first-order chi connectivity index (χ1) is 9.54. The number of aliphatic hydroxyl groups excluding tert-OH is 1. The molecule has 1 aromatic carbocycles. The first-order valence-electron chi connectivity index (χ1n) is 6.19. The van der Waals surface area contributed by atoms with Crippen LogP contribution in [0.15, 0.2) is 24.4 Å². The molecule has 0 radical (unpaired) electrons. The number of ether oxygens (including phenoxy) is 1. The minimum Gasteiger partial charge on any atom is -0.383 e. The van der Waals surface area contributed by atoms with Crippen LogP contribution in [0.25, 0.3) is 0 Å². The van der Waals surface area contributed by atoms with E-state index in [-0.39, 0.29) is 5.82 Å². The van der Waals surface area contributed by atoms with Crippen LogP contribution in [0.3, 0.4) is 0 Å². The Kier molecular flexibility index (Phi) is 4.75. The summed E-state index contributed by atoms with van der Waals surface area (Å²) in [7, 11) is 1.59. The van der Waals surface area contributed by atoms with Gasteiger partial charge in [-0.2, -0.15) is 5.10 Å². The van der Waals surface area contributed by atoms with Crippen molar-refractivity contribution in [2.45, 2.75) is 19.6 Å². The number of hydrogen-bond donors (Lipinski definition) is 1. The summed E-state index contributed by atoms with van der Waals surface area (Å²) in [5, 5.41) is 15.0. The molecule has 0 aliphatic rings. The third-order valence-electron chi connectivity index (χ3n) is 3.13. The summed E-state index contributed by atoms with van der Waals surface area (Å²) in [6.07, 6.45) is 0.525. The van der Waals surface area contributed by atoms with Crippen molar-refractivity contribution in [3.05, 3.63) is 52.1 Å². The number of benzene rings is 1. The highest BCUT2D eigenvalue weighted by molar-refractivity contribution is 6.31. The van der Waals surface area contributed by atoms with Gasteiger partial charge in [-0.3, -0.25) is 4.68 Å². The average Bonchev–Trinajstić information content (AvgIpc) is 2.77. The first kappa shape index (κ1) is 15.0. The summed E-state index contributed by atoms with van der Waals surface area (Å²) >= 11 is 6.09. The molecular formula is C14H16ClFN2O2. The zero-order chi connectivity index (χ0) is 14.7. The van der Waals surface area contributed by atoms with E-state index < -0.39 is 6.10 Å². The Labute approximate surface area is 121 Å². The Morgan fingerprint density at radius 3 is 2.90 bits per heavy atom. The molecule has 0 fully saturated rings. The van der Waals surface area contributed by atoms with Gasteiger partial charge in [0.25, 0.3) is 0 Å². The van der Waals surface area contributed by atoms with Gasteiger partial charge in [0.2, 0.25) is 0 Å². The van der Waals surface area contributed by atoms with E-state index in [1.807, 2.05) is 0 Å². The Morgan fingerprint density at radius 1 is 1.50 bits per heavy atom. The van der Waals surface area contributed by atoms with Crippen molar-refractivity contribution < 1.29 is 14.2 Å². The van der Waals surface area contributed by atoms with Crippen molar-refractivity contribution in [3.63, 3.8) is 0 Å². The average molecular weight is 299 g/mol. The second-order valence-corrected chi connectivity index (χ2v) is 4.90. The van der Waals surface area contributed by atoms with Crippen LogP contribution in [0.5, 0.6) is 0 Å². The van der Waals surface area contributed by atoms with E-state index in [0.717, 1.165) is 0 Å². The highest BCUT2D eigenvalue weighted by atomic mass is 35.5.